The van der Waals surface area contributed by atoms with Crippen molar-refractivity contribution in [2.75, 3.05) is 0 Å². The largest absolute Gasteiger partial charge is 0.361 e. The average Bonchev–Trinajstić information content (AvgIpc) is 3.25. The van der Waals surface area contributed by atoms with Gasteiger partial charge in [-0.1, -0.05) is 30.3 Å². The monoisotopic (exact) mass is 371 g/mol. The lowest BCUT2D eigenvalue weighted by Crippen LogP contribution is -2.17. The molecule has 2 aromatic carbocycles. The number of aromatic amines is 1. The molecule has 140 valence electrons. The summed E-state index contributed by atoms with van der Waals surface area (Å²) < 4.78 is 1.95. The smallest absolute Gasteiger partial charge is 0.271 e. The van der Waals surface area contributed by atoms with Crippen molar-refractivity contribution in [3.05, 3.63) is 88.9 Å². The van der Waals surface area contributed by atoms with Crippen molar-refractivity contribution in [1.29, 1.82) is 0 Å². The molecule has 0 aliphatic carbocycles. The Morgan fingerprint density at radius 1 is 1.18 bits per heavy atom. The van der Waals surface area contributed by atoms with E-state index in [1.807, 2.05) is 67.2 Å². The molecule has 2 heterocycles. The summed E-state index contributed by atoms with van der Waals surface area (Å²) in [5, 5.41) is 9.62. The van der Waals surface area contributed by atoms with E-state index in [2.05, 4.69) is 20.6 Å². The highest BCUT2D eigenvalue weighted by Gasteiger charge is 2.06. The highest BCUT2D eigenvalue weighted by molar-refractivity contribution is 6.00. The lowest BCUT2D eigenvalue weighted by molar-refractivity contribution is 0.0955. The first kappa shape index (κ1) is 17.7. The van der Waals surface area contributed by atoms with Crippen LogP contribution < -0.4 is 5.43 Å². The highest BCUT2D eigenvalue weighted by atomic mass is 16.2. The van der Waals surface area contributed by atoms with Gasteiger partial charge >= 0.3 is 0 Å². The Kier molecular flexibility index (Phi) is 4.76. The summed E-state index contributed by atoms with van der Waals surface area (Å²) >= 11 is 0. The molecule has 0 spiro atoms. The number of rotatable bonds is 5. The third kappa shape index (κ3) is 3.71. The number of benzene rings is 2. The molecule has 2 aromatic heterocycles. The Hall–Kier alpha value is -3.67. The van der Waals surface area contributed by atoms with Gasteiger partial charge in [-0.05, 0) is 43.7 Å². The molecule has 6 nitrogen and oxygen atoms in total. The summed E-state index contributed by atoms with van der Waals surface area (Å²) in [4.78, 5) is 15.5. The number of fused-ring (bicyclic) bond motifs is 1. The maximum Gasteiger partial charge on any atom is 0.271 e. The van der Waals surface area contributed by atoms with Crippen LogP contribution in [0.2, 0.25) is 0 Å². The van der Waals surface area contributed by atoms with Gasteiger partial charge < -0.3 is 4.98 Å². The molecule has 0 aliphatic rings. The van der Waals surface area contributed by atoms with Crippen LogP contribution in [0.25, 0.3) is 10.9 Å². The minimum absolute atomic E-state index is 0.242. The Morgan fingerprint density at radius 2 is 1.96 bits per heavy atom. The van der Waals surface area contributed by atoms with E-state index in [-0.39, 0.29) is 5.91 Å². The van der Waals surface area contributed by atoms with Crippen molar-refractivity contribution in [3.8, 4) is 0 Å². The lowest BCUT2D eigenvalue weighted by Gasteiger charge is -2.06. The molecule has 0 aliphatic heterocycles. The molecule has 4 aromatic rings. The van der Waals surface area contributed by atoms with Crippen molar-refractivity contribution >= 4 is 23.0 Å². The molecule has 4 rings (SSSR count). The predicted octanol–water partition coefficient (Wildman–Crippen LogP) is 3.79. The summed E-state index contributed by atoms with van der Waals surface area (Å²) in [6, 6.07) is 17.5. The van der Waals surface area contributed by atoms with E-state index < -0.39 is 0 Å². The first-order valence-corrected chi connectivity index (χ1v) is 9.10. The number of hydrogen-bond donors (Lipinski definition) is 2. The molecule has 28 heavy (non-hydrogen) atoms. The van der Waals surface area contributed by atoms with Gasteiger partial charge in [-0.25, -0.2) is 5.43 Å². The maximum atomic E-state index is 12.3. The summed E-state index contributed by atoms with van der Waals surface area (Å²) in [7, 11) is 0. The van der Waals surface area contributed by atoms with Crippen molar-refractivity contribution in [2.45, 2.75) is 20.4 Å². The normalized spacial score (nSPS) is 11.4. The van der Waals surface area contributed by atoms with Gasteiger partial charge in [0.2, 0.25) is 0 Å². The summed E-state index contributed by atoms with van der Waals surface area (Å²) in [5.41, 5.74) is 8.31. The van der Waals surface area contributed by atoms with E-state index in [0.717, 1.165) is 33.4 Å². The molecule has 1 amide bonds. The van der Waals surface area contributed by atoms with Crippen LogP contribution in [0, 0.1) is 13.8 Å². The van der Waals surface area contributed by atoms with Crippen LogP contribution in [0.5, 0.6) is 0 Å². The van der Waals surface area contributed by atoms with Crippen LogP contribution in [0.1, 0.15) is 32.9 Å². The molecule has 0 radical (unpaired) electrons. The minimum atomic E-state index is -0.242. The maximum absolute atomic E-state index is 12.3. The molecular weight excluding hydrogens is 350 g/mol. The fourth-order valence-electron chi connectivity index (χ4n) is 3.20. The van der Waals surface area contributed by atoms with Gasteiger partial charge in [0.15, 0.2) is 0 Å². The number of H-pyrrole nitrogens is 1. The molecule has 0 saturated carbocycles. The van der Waals surface area contributed by atoms with Gasteiger partial charge in [-0.2, -0.15) is 10.2 Å². The van der Waals surface area contributed by atoms with Gasteiger partial charge in [-0.15, -0.1) is 0 Å². The second kappa shape index (κ2) is 7.52. The van der Waals surface area contributed by atoms with E-state index in [0.29, 0.717) is 12.1 Å². The van der Waals surface area contributed by atoms with Crippen LogP contribution in [0.3, 0.4) is 0 Å². The summed E-state index contributed by atoms with van der Waals surface area (Å²) in [6.07, 6.45) is 3.52. The summed E-state index contributed by atoms with van der Waals surface area (Å²) in [5.74, 6) is -0.242. The average molecular weight is 371 g/mol. The van der Waals surface area contributed by atoms with Crippen LogP contribution >= 0.6 is 0 Å². The number of nitrogens with zero attached hydrogens (tertiary/aromatic N) is 3. The zero-order chi connectivity index (χ0) is 19.5. The molecule has 2 N–H and O–H groups in total. The molecule has 0 unspecified atom stereocenters. The van der Waals surface area contributed by atoms with Gasteiger partial charge in [0.25, 0.3) is 5.91 Å². The second-order valence-corrected chi connectivity index (χ2v) is 6.77. The SMILES string of the molecule is Cc1cc(C)n(Cc2ccc(C(=O)N/N=C/c3c[nH]c4ccccc34)cc2)n1. The van der Waals surface area contributed by atoms with Crippen LogP contribution in [-0.2, 0) is 6.54 Å². The number of hydrogen-bond acceptors (Lipinski definition) is 3. The summed E-state index contributed by atoms with van der Waals surface area (Å²) in [6.45, 7) is 4.70. The Balaban J connectivity index is 1.40. The van der Waals surface area contributed by atoms with Gasteiger partial charge in [-0.3, -0.25) is 9.48 Å². The van der Waals surface area contributed by atoms with Crippen molar-refractivity contribution in [3.63, 3.8) is 0 Å². The van der Waals surface area contributed by atoms with Crippen LogP contribution in [0.4, 0.5) is 0 Å². The molecule has 6 heteroatoms. The van der Waals surface area contributed by atoms with Crippen LogP contribution in [0.15, 0.2) is 65.9 Å². The number of carbonyl (C=O) groups excluding carboxylic acids is 1. The minimum Gasteiger partial charge on any atom is -0.361 e. The molecular formula is C22H21N5O. The van der Waals surface area contributed by atoms with Crippen molar-refractivity contribution < 1.29 is 4.79 Å². The number of aromatic nitrogens is 3. The van der Waals surface area contributed by atoms with E-state index in [9.17, 15) is 4.79 Å². The van der Waals surface area contributed by atoms with E-state index in [1.165, 1.54) is 0 Å². The Morgan fingerprint density at radius 3 is 2.71 bits per heavy atom. The number of nitrogens with one attached hydrogen (secondary N) is 2. The van der Waals surface area contributed by atoms with Crippen LogP contribution in [-0.4, -0.2) is 26.9 Å². The van der Waals surface area contributed by atoms with Gasteiger partial charge in [0, 0.05) is 33.9 Å². The topological polar surface area (TPSA) is 75.1 Å². The number of para-hydroxylation sites is 1. The Labute approximate surface area is 162 Å². The Bertz CT molecular complexity index is 1150. The second-order valence-electron chi connectivity index (χ2n) is 6.77. The van der Waals surface area contributed by atoms with E-state index in [4.69, 9.17) is 0 Å². The zero-order valence-electron chi connectivity index (χ0n) is 15.8. The zero-order valence-corrected chi connectivity index (χ0v) is 15.8. The lowest BCUT2D eigenvalue weighted by atomic mass is 10.1. The van der Waals surface area contributed by atoms with E-state index >= 15 is 0 Å². The first-order valence-electron chi connectivity index (χ1n) is 9.10. The fourth-order valence-corrected chi connectivity index (χ4v) is 3.20. The number of aryl methyl sites for hydroxylation is 2. The van der Waals surface area contributed by atoms with E-state index in [1.54, 1.807) is 18.3 Å². The molecule has 0 fully saturated rings. The standard InChI is InChI=1S/C22H21N5O/c1-15-11-16(2)27(26-15)14-17-7-9-18(10-8-17)22(28)25-24-13-19-12-23-21-6-4-3-5-20(19)21/h3-13,23H,14H2,1-2H3,(H,25,28)/b24-13+. The third-order valence-corrected chi connectivity index (χ3v) is 4.64. The quantitative estimate of drug-likeness (QED) is 0.414. The molecule has 0 bridgehead atoms. The predicted molar refractivity (Wildman–Crippen MR) is 111 cm³/mol. The van der Waals surface area contributed by atoms with Gasteiger partial charge in [0.05, 0.1) is 18.5 Å². The van der Waals surface area contributed by atoms with Gasteiger partial charge in [0.1, 0.15) is 0 Å². The molecule has 0 atom stereocenters. The number of hydrazone groups is 1. The fraction of sp³-hybridized carbons (Fsp3) is 0.136. The first-order chi connectivity index (χ1) is 13.6. The van der Waals surface area contributed by atoms with Crippen molar-refractivity contribution in [2.24, 2.45) is 5.10 Å². The number of carbonyl (C=O) groups is 1. The highest BCUT2D eigenvalue weighted by Crippen LogP contribution is 2.15. The third-order valence-electron chi connectivity index (χ3n) is 4.64. The number of amides is 1. The van der Waals surface area contributed by atoms with Crippen molar-refractivity contribution in [1.82, 2.24) is 20.2 Å². The molecule has 0 saturated heterocycles.